The molecule has 0 radical (unpaired) electrons. The van der Waals surface area contributed by atoms with Crippen LogP contribution in [0.5, 0.6) is 0 Å². The van der Waals surface area contributed by atoms with Crippen LogP contribution in [0.4, 0.5) is 5.69 Å². The molecule has 1 aliphatic rings. The Bertz CT molecular complexity index is 722. The van der Waals surface area contributed by atoms with E-state index in [9.17, 15) is 9.59 Å². The van der Waals surface area contributed by atoms with Gasteiger partial charge in [-0.15, -0.1) is 0 Å². The summed E-state index contributed by atoms with van der Waals surface area (Å²) in [6.07, 6.45) is 1.82. The third-order valence-electron chi connectivity index (χ3n) is 4.38. The van der Waals surface area contributed by atoms with E-state index < -0.39 is 0 Å². The highest BCUT2D eigenvalue weighted by Crippen LogP contribution is 2.29. The molecule has 120 valence electrons. The molecule has 0 saturated carbocycles. The maximum atomic E-state index is 12.3. The van der Waals surface area contributed by atoms with Crippen LogP contribution in [0, 0.1) is 19.8 Å². The molecule has 1 aliphatic heterocycles. The Morgan fingerprint density at radius 1 is 1.30 bits per heavy atom. The molecule has 1 atom stereocenters. The van der Waals surface area contributed by atoms with Gasteiger partial charge in [-0.25, -0.2) is 0 Å². The number of hydrogen-bond acceptors (Lipinski definition) is 3. The molecule has 2 aromatic rings. The van der Waals surface area contributed by atoms with Crippen molar-refractivity contribution in [3.8, 4) is 0 Å². The number of nitrogens with zero attached hydrogens (tertiary/aromatic N) is 1. The second-order valence-corrected chi connectivity index (χ2v) is 5.92. The first kappa shape index (κ1) is 15.3. The smallest absolute Gasteiger partial charge is 0.227 e. The number of carbonyl (C=O) groups is 2. The highest BCUT2D eigenvalue weighted by Gasteiger charge is 2.35. The highest BCUT2D eigenvalue weighted by molar-refractivity contribution is 6.00. The Morgan fingerprint density at radius 3 is 2.87 bits per heavy atom. The molecule has 0 unspecified atom stereocenters. The summed E-state index contributed by atoms with van der Waals surface area (Å²) in [5.41, 5.74) is 3.12. The molecule has 3 rings (SSSR count). The Kier molecular flexibility index (Phi) is 4.19. The van der Waals surface area contributed by atoms with Crippen molar-refractivity contribution >= 4 is 17.5 Å². The first-order chi connectivity index (χ1) is 11.1. The average molecular weight is 312 g/mol. The Labute approximate surface area is 135 Å². The minimum Gasteiger partial charge on any atom is -0.467 e. The zero-order chi connectivity index (χ0) is 16.4. The number of benzene rings is 1. The number of rotatable bonds is 4. The van der Waals surface area contributed by atoms with Gasteiger partial charge in [-0.1, -0.05) is 12.1 Å². The summed E-state index contributed by atoms with van der Waals surface area (Å²) in [5, 5.41) is 2.83. The van der Waals surface area contributed by atoms with Gasteiger partial charge in [0.25, 0.3) is 0 Å². The number of furan rings is 1. The molecular formula is C18H20N2O3. The topological polar surface area (TPSA) is 62.6 Å². The molecule has 2 amide bonds. The van der Waals surface area contributed by atoms with Crippen LogP contribution in [-0.4, -0.2) is 18.4 Å². The van der Waals surface area contributed by atoms with Gasteiger partial charge < -0.3 is 14.6 Å². The van der Waals surface area contributed by atoms with Crippen LogP contribution in [0.3, 0.4) is 0 Å². The van der Waals surface area contributed by atoms with E-state index in [1.54, 1.807) is 17.2 Å². The summed E-state index contributed by atoms with van der Waals surface area (Å²) in [7, 11) is 0. The molecule has 1 fully saturated rings. The van der Waals surface area contributed by atoms with E-state index in [2.05, 4.69) is 5.32 Å². The fourth-order valence-corrected chi connectivity index (χ4v) is 2.88. The van der Waals surface area contributed by atoms with Crippen LogP contribution in [0.2, 0.25) is 0 Å². The maximum absolute atomic E-state index is 12.3. The van der Waals surface area contributed by atoms with E-state index >= 15 is 0 Å². The number of anilines is 1. The van der Waals surface area contributed by atoms with Crippen LogP contribution >= 0.6 is 0 Å². The minimum atomic E-state index is -0.322. The highest BCUT2D eigenvalue weighted by atomic mass is 16.3. The normalized spacial score (nSPS) is 17.6. The fourth-order valence-electron chi connectivity index (χ4n) is 2.88. The first-order valence-corrected chi connectivity index (χ1v) is 7.73. The van der Waals surface area contributed by atoms with Gasteiger partial charge in [0.05, 0.1) is 18.7 Å². The van der Waals surface area contributed by atoms with Crippen LogP contribution in [0.25, 0.3) is 0 Å². The molecule has 0 spiro atoms. The maximum Gasteiger partial charge on any atom is 0.227 e. The lowest BCUT2D eigenvalue weighted by Crippen LogP contribution is -2.32. The Balaban J connectivity index is 1.67. The Hall–Kier alpha value is -2.56. The first-order valence-electron chi connectivity index (χ1n) is 7.73. The molecule has 1 aromatic carbocycles. The zero-order valence-electron chi connectivity index (χ0n) is 13.3. The van der Waals surface area contributed by atoms with Gasteiger partial charge in [0.15, 0.2) is 0 Å². The van der Waals surface area contributed by atoms with Gasteiger partial charge in [-0.05, 0) is 43.2 Å². The van der Waals surface area contributed by atoms with Gasteiger partial charge in [-0.2, -0.15) is 0 Å². The lowest BCUT2D eigenvalue weighted by atomic mass is 10.1. The molecular weight excluding hydrogens is 292 g/mol. The van der Waals surface area contributed by atoms with E-state index in [0.717, 1.165) is 16.8 Å². The van der Waals surface area contributed by atoms with Crippen molar-refractivity contribution in [2.75, 3.05) is 11.4 Å². The molecule has 0 aliphatic carbocycles. The van der Waals surface area contributed by atoms with Crippen molar-refractivity contribution in [2.45, 2.75) is 26.8 Å². The monoisotopic (exact) mass is 312 g/mol. The number of hydrogen-bond donors (Lipinski definition) is 1. The van der Waals surface area contributed by atoms with Gasteiger partial charge in [0.2, 0.25) is 11.8 Å². The standard InChI is InChI=1S/C18H20N2O3/c1-12-5-3-7-16(13(12)2)20-11-14(9-17(20)21)18(22)19-10-15-6-4-8-23-15/h3-8,14H,9-11H2,1-2H3,(H,19,22)/t14-/m1/s1. The predicted octanol–water partition coefficient (Wildman–Crippen LogP) is 2.57. The summed E-state index contributed by atoms with van der Waals surface area (Å²) in [5.74, 6) is 0.269. The van der Waals surface area contributed by atoms with Crippen molar-refractivity contribution in [1.29, 1.82) is 0 Å². The lowest BCUT2D eigenvalue weighted by molar-refractivity contribution is -0.126. The van der Waals surface area contributed by atoms with E-state index in [1.165, 1.54) is 0 Å². The number of nitrogens with one attached hydrogen (secondary N) is 1. The predicted molar refractivity (Wildman–Crippen MR) is 86.9 cm³/mol. The van der Waals surface area contributed by atoms with Gasteiger partial charge in [0.1, 0.15) is 5.76 Å². The van der Waals surface area contributed by atoms with Crippen molar-refractivity contribution in [3.05, 3.63) is 53.5 Å². The molecule has 5 heteroatoms. The number of aryl methyl sites for hydroxylation is 1. The molecule has 1 saturated heterocycles. The molecule has 23 heavy (non-hydrogen) atoms. The van der Waals surface area contributed by atoms with Crippen molar-refractivity contribution in [3.63, 3.8) is 0 Å². The van der Waals surface area contributed by atoms with Gasteiger partial charge in [-0.3, -0.25) is 9.59 Å². The van der Waals surface area contributed by atoms with E-state index in [0.29, 0.717) is 18.8 Å². The second kappa shape index (κ2) is 6.28. The molecule has 1 aromatic heterocycles. The molecule has 2 heterocycles. The summed E-state index contributed by atoms with van der Waals surface area (Å²) in [4.78, 5) is 26.3. The quantitative estimate of drug-likeness (QED) is 0.944. The fraction of sp³-hybridized carbons (Fsp3) is 0.333. The van der Waals surface area contributed by atoms with Gasteiger partial charge in [0, 0.05) is 18.7 Å². The van der Waals surface area contributed by atoms with Crippen molar-refractivity contribution in [1.82, 2.24) is 5.32 Å². The van der Waals surface area contributed by atoms with Crippen LogP contribution < -0.4 is 10.2 Å². The second-order valence-electron chi connectivity index (χ2n) is 5.92. The minimum absolute atomic E-state index is 0.00292. The van der Waals surface area contributed by atoms with E-state index in [1.807, 2.05) is 38.1 Å². The SMILES string of the molecule is Cc1cccc(N2C[C@H](C(=O)NCc3ccco3)CC2=O)c1C. The third kappa shape index (κ3) is 3.13. The van der Waals surface area contributed by atoms with Crippen LogP contribution in [0.1, 0.15) is 23.3 Å². The number of amides is 2. The van der Waals surface area contributed by atoms with E-state index in [-0.39, 0.29) is 24.2 Å². The average Bonchev–Trinajstić information content (AvgIpc) is 3.17. The molecule has 0 bridgehead atoms. The lowest BCUT2D eigenvalue weighted by Gasteiger charge is -2.20. The molecule has 1 N–H and O–H groups in total. The van der Waals surface area contributed by atoms with E-state index in [4.69, 9.17) is 4.42 Å². The number of carbonyl (C=O) groups excluding carboxylic acids is 2. The Morgan fingerprint density at radius 2 is 2.13 bits per heavy atom. The zero-order valence-corrected chi connectivity index (χ0v) is 13.3. The summed E-state index contributed by atoms with van der Waals surface area (Å²) < 4.78 is 5.19. The largest absolute Gasteiger partial charge is 0.467 e. The third-order valence-corrected chi connectivity index (χ3v) is 4.38. The van der Waals surface area contributed by atoms with Crippen LogP contribution in [-0.2, 0) is 16.1 Å². The summed E-state index contributed by atoms with van der Waals surface area (Å²) in [6, 6.07) is 9.48. The summed E-state index contributed by atoms with van der Waals surface area (Å²) in [6.45, 7) is 4.79. The van der Waals surface area contributed by atoms with Gasteiger partial charge >= 0.3 is 0 Å². The van der Waals surface area contributed by atoms with Crippen molar-refractivity contribution < 1.29 is 14.0 Å². The van der Waals surface area contributed by atoms with Crippen molar-refractivity contribution in [2.24, 2.45) is 5.92 Å². The van der Waals surface area contributed by atoms with Crippen LogP contribution in [0.15, 0.2) is 41.0 Å². The summed E-state index contributed by atoms with van der Waals surface area (Å²) >= 11 is 0. The molecule has 5 nitrogen and oxygen atoms in total.